The molecule has 1 rings (SSSR count). The van der Waals surface area contributed by atoms with Crippen LogP contribution >= 0.6 is 0 Å². The SMILES string of the molecule is C#CC.C/C=C\C/C(=C\C)CN(CC)C(=O)O.COC(=O)C1CCCN1. The van der Waals surface area contributed by atoms with Crippen molar-refractivity contribution in [3.05, 3.63) is 23.8 Å². The molecule has 148 valence electrons. The Morgan fingerprint density at radius 2 is 2.04 bits per heavy atom. The minimum absolute atomic E-state index is 0.0324. The predicted octanol–water partition coefficient (Wildman–Crippen LogP) is 3.45. The van der Waals surface area contributed by atoms with Crippen molar-refractivity contribution in [1.82, 2.24) is 10.2 Å². The fourth-order valence-electron chi connectivity index (χ4n) is 2.13. The second kappa shape index (κ2) is 17.6. The van der Waals surface area contributed by atoms with E-state index in [4.69, 9.17) is 5.11 Å². The van der Waals surface area contributed by atoms with Crippen molar-refractivity contribution in [3.63, 3.8) is 0 Å². The molecular formula is C20H34N2O4. The van der Waals surface area contributed by atoms with Gasteiger partial charge < -0.3 is 20.1 Å². The first kappa shape index (κ1) is 26.0. The molecule has 26 heavy (non-hydrogen) atoms. The van der Waals surface area contributed by atoms with E-state index in [0.29, 0.717) is 13.1 Å². The minimum atomic E-state index is -0.854. The monoisotopic (exact) mass is 366 g/mol. The summed E-state index contributed by atoms with van der Waals surface area (Å²) < 4.78 is 4.53. The van der Waals surface area contributed by atoms with Gasteiger partial charge in [0.1, 0.15) is 6.04 Å². The number of likely N-dealkylation sites (N-methyl/N-ethyl adjacent to an activating group) is 1. The van der Waals surface area contributed by atoms with Gasteiger partial charge in [0.05, 0.1) is 7.11 Å². The lowest BCUT2D eigenvalue weighted by Crippen LogP contribution is -2.31. The van der Waals surface area contributed by atoms with Crippen molar-refractivity contribution in [2.24, 2.45) is 0 Å². The topological polar surface area (TPSA) is 78.9 Å². The summed E-state index contributed by atoms with van der Waals surface area (Å²) in [5.41, 5.74) is 1.13. The predicted molar refractivity (Wildman–Crippen MR) is 106 cm³/mol. The Labute approximate surface area is 158 Å². The second-order valence-corrected chi connectivity index (χ2v) is 5.48. The summed E-state index contributed by atoms with van der Waals surface area (Å²) in [6.07, 6.45) is 12.6. The number of carbonyl (C=O) groups excluding carboxylic acids is 1. The van der Waals surface area contributed by atoms with Crippen LogP contribution in [0.1, 0.15) is 47.0 Å². The molecule has 0 aromatic rings. The van der Waals surface area contributed by atoms with Crippen molar-refractivity contribution < 1.29 is 19.4 Å². The highest BCUT2D eigenvalue weighted by Crippen LogP contribution is 2.06. The van der Waals surface area contributed by atoms with Crippen LogP contribution in [0.5, 0.6) is 0 Å². The summed E-state index contributed by atoms with van der Waals surface area (Å²) in [7, 11) is 1.42. The van der Waals surface area contributed by atoms with Gasteiger partial charge in [0.2, 0.25) is 0 Å². The lowest BCUT2D eigenvalue weighted by Gasteiger charge is -2.18. The summed E-state index contributed by atoms with van der Waals surface area (Å²) in [6, 6.07) is -0.0324. The van der Waals surface area contributed by atoms with Crippen LogP contribution in [0, 0.1) is 12.3 Å². The molecule has 0 aromatic heterocycles. The molecule has 2 N–H and O–H groups in total. The largest absolute Gasteiger partial charge is 0.468 e. The van der Waals surface area contributed by atoms with Crippen LogP contribution in [0.3, 0.4) is 0 Å². The number of allylic oxidation sites excluding steroid dienone is 3. The highest BCUT2D eigenvalue weighted by molar-refractivity contribution is 5.75. The number of esters is 1. The number of ether oxygens (including phenoxy) is 1. The first-order chi connectivity index (χ1) is 12.4. The van der Waals surface area contributed by atoms with Crippen LogP contribution in [0.25, 0.3) is 0 Å². The van der Waals surface area contributed by atoms with Crippen LogP contribution < -0.4 is 5.32 Å². The number of nitrogens with zero attached hydrogens (tertiary/aromatic N) is 1. The Morgan fingerprint density at radius 1 is 1.42 bits per heavy atom. The average Bonchev–Trinajstić information content (AvgIpc) is 3.17. The molecule has 1 heterocycles. The summed E-state index contributed by atoms with van der Waals surface area (Å²) in [5.74, 6) is 2.12. The van der Waals surface area contributed by atoms with E-state index >= 15 is 0 Å². The van der Waals surface area contributed by atoms with Crippen LogP contribution in [0.2, 0.25) is 0 Å². The van der Waals surface area contributed by atoms with Crippen LogP contribution in [-0.4, -0.2) is 54.9 Å². The molecule has 6 heteroatoms. The number of terminal acetylenes is 1. The van der Waals surface area contributed by atoms with E-state index in [-0.39, 0.29) is 12.0 Å². The summed E-state index contributed by atoms with van der Waals surface area (Å²) in [5, 5.41) is 11.9. The van der Waals surface area contributed by atoms with Gasteiger partial charge >= 0.3 is 12.1 Å². The quantitative estimate of drug-likeness (QED) is 0.428. The highest BCUT2D eigenvalue weighted by Gasteiger charge is 2.21. The molecule has 1 fully saturated rings. The molecule has 1 unspecified atom stereocenters. The highest BCUT2D eigenvalue weighted by atomic mass is 16.5. The molecule has 1 amide bonds. The van der Waals surface area contributed by atoms with Crippen molar-refractivity contribution in [2.45, 2.75) is 53.0 Å². The van der Waals surface area contributed by atoms with Crippen LogP contribution in [0.4, 0.5) is 4.79 Å². The van der Waals surface area contributed by atoms with E-state index in [1.165, 1.54) is 12.0 Å². The average molecular weight is 367 g/mol. The molecule has 1 saturated heterocycles. The molecule has 1 aliphatic heterocycles. The zero-order chi connectivity index (χ0) is 20.4. The van der Waals surface area contributed by atoms with Gasteiger partial charge in [-0.15, -0.1) is 12.3 Å². The van der Waals surface area contributed by atoms with Gasteiger partial charge in [0.15, 0.2) is 0 Å². The Hall–Kier alpha value is -2.26. The van der Waals surface area contributed by atoms with Gasteiger partial charge in [-0.3, -0.25) is 4.79 Å². The molecule has 0 spiro atoms. The van der Waals surface area contributed by atoms with Crippen LogP contribution in [-0.2, 0) is 9.53 Å². The van der Waals surface area contributed by atoms with E-state index in [1.807, 2.05) is 39.0 Å². The van der Waals surface area contributed by atoms with Crippen molar-refractivity contribution >= 4 is 12.1 Å². The third kappa shape index (κ3) is 13.1. The fraction of sp³-hybridized carbons (Fsp3) is 0.600. The minimum Gasteiger partial charge on any atom is -0.468 e. The summed E-state index contributed by atoms with van der Waals surface area (Å²) >= 11 is 0. The maximum atomic E-state index is 10.7. The molecule has 1 atom stereocenters. The smallest absolute Gasteiger partial charge is 0.407 e. The Balaban J connectivity index is 0. The molecule has 0 radical (unpaired) electrons. The summed E-state index contributed by atoms with van der Waals surface area (Å²) in [6.45, 7) is 9.38. The zero-order valence-corrected chi connectivity index (χ0v) is 16.7. The van der Waals surface area contributed by atoms with Gasteiger partial charge in [-0.05, 0) is 53.5 Å². The molecule has 0 aliphatic carbocycles. The lowest BCUT2D eigenvalue weighted by molar-refractivity contribution is -0.142. The fourth-order valence-corrected chi connectivity index (χ4v) is 2.13. The third-order valence-corrected chi connectivity index (χ3v) is 3.62. The number of hydrogen-bond donors (Lipinski definition) is 2. The van der Waals surface area contributed by atoms with E-state index in [2.05, 4.69) is 22.4 Å². The second-order valence-electron chi connectivity index (χ2n) is 5.48. The van der Waals surface area contributed by atoms with E-state index in [1.54, 1.807) is 6.92 Å². The Morgan fingerprint density at radius 3 is 2.38 bits per heavy atom. The lowest BCUT2D eigenvalue weighted by atomic mass is 10.1. The van der Waals surface area contributed by atoms with Crippen molar-refractivity contribution in [3.8, 4) is 12.3 Å². The van der Waals surface area contributed by atoms with Gasteiger partial charge in [0.25, 0.3) is 0 Å². The van der Waals surface area contributed by atoms with Gasteiger partial charge in [-0.25, -0.2) is 4.79 Å². The van der Waals surface area contributed by atoms with Crippen molar-refractivity contribution in [1.29, 1.82) is 0 Å². The van der Waals surface area contributed by atoms with E-state index in [9.17, 15) is 9.59 Å². The first-order valence-corrected chi connectivity index (χ1v) is 8.83. The number of carbonyl (C=O) groups is 2. The maximum Gasteiger partial charge on any atom is 0.407 e. The number of nitrogens with one attached hydrogen (secondary N) is 1. The number of amides is 1. The van der Waals surface area contributed by atoms with Gasteiger partial charge in [0, 0.05) is 13.1 Å². The number of methoxy groups -OCH3 is 1. The Bertz CT molecular complexity index is 487. The third-order valence-electron chi connectivity index (χ3n) is 3.62. The number of rotatable bonds is 6. The normalized spacial score (nSPS) is 15.8. The molecule has 0 saturated carbocycles. The Kier molecular flexibility index (Phi) is 17.5. The molecule has 0 bridgehead atoms. The van der Waals surface area contributed by atoms with E-state index in [0.717, 1.165) is 31.4 Å². The zero-order valence-electron chi connectivity index (χ0n) is 16.7. The maximum absolute atomic E-state index is 10.7. The summed E-state index contributed by atoms with van der Waals surface area (Å²) in [4.78, 5) is 22.9. The van der Waals surface area contributed by atoms with E-state index < -0.39 is 6.09 Å². The number of hydrogen-bond acceptors (Lipinski definition) is 4. The molecule has 6 nitrogen and oxygen atoms in total. The molecular weight excluding hydrogens is 332 g/mol. The first-order valence-electron chi connectivity index (χ1n) is 8.83. The molecule has 1 aliphatic rings. The van der Waals surface area contributed by atoms with Gasteiger partial charge in [-0.1, -0.05) is 23.8 Å². The molecule has 0 aromatic carbocycles. The van der Waals surface area contributed by atoms with Gasteiger partial charge in [-0.2, -0.15) is 0 Å². The standard InChI is InChI=1S/C11H19NO2.C6H11NO2.C3H4/c1-4-7-8-10(5-2)9-12(6-3)11(13)14;1-9-6(8)5-3-2-4-7-5;1-3-2/h4-5,7H,6,8-9H2,1-3H3,(H,13,14);5,7H,2-4H2,1H3;1H,2H3/b7-4-,10-5+;;. The van der Waals surface area contributed by atoms with Crippen molar-refractivity contribution in [2.75, 3.05) is 26.7 Å². The van der Waals surface area contributed by atoms with Crippen LogP contribution in [0.15, 0.2) is 23.8 Å². The number of carboxylic acid groups (broad SMARTS) is 1.